The van der Waals surface area contributed by atoms with E-state index in [1.807, 2.05) is 0 Å². The van der Waals surface area contributed by atoms with Gasteiger partial charge in [-0.3, -0.25) is 9.69 Å². The van der Waals surface area contributed by atoms with E-state index in [2.05, 4.69) is 0 Å². The van der Waals surface area contributed by atoms with Crippen molar-refractivity contribution < 1.29 is 36.2 Å². The molecule has 1 unspecified atom stereocenters. The Morgan fingerprint density at radius 1 is 1.13 bits per heavy atom. The maximum Gasteiger partial charge on any atom is 0.245 e. The molecular formula is C26H29F2N3O6S2. The lowest BCUT2D eigenvalue weighted by molar-refractivity contribution is -0.123. The fourth-order valence-corrected chi connectivity index (χ4v) is 7.64. The maximum absolute atomic E-state index is 14.2. The van der Waals surface area contributed by atoms with E-state index in [-0.39, 0.29) is 37.9 Å². The lowest BCUT2D eigenvalue weighted by Gasteiger charge is -2.33. The van der Waals surface area contributed by atoms with Gasteiger partial charge in [0.2, 0.25) is 15.9 Å². The summed E-state index contributed by atoms with van der Waals surface area (Å²) in [7, 11) is -1.06. The highest BCUT2D eigenvalue weighted by Crippen LogP contribution is 2.41. The zero-order valence-corrected chi connectivity index (χ0v) is 23.2. The van der Waals surface area contributed by atoms with Crippen molar-refractivity contribution in [1.29, 1.82) is 0 Å². The van der Waals surface area contributed by atoms with Gasteiger partial charge in [-0.15, -0.1) is 0 Å². The second kappa shape index (κ2) is 11.3. The van der Waals surface area contributed by atoms with Crippen LogP contribution in [0.1, 0.15) is 25.7 Å². The Morgan fingerprint density at radius 2 is 1.85 bits per heavy atom. The van der Waals surface area contributed by atoms with Crippen LogP contribution in [0.25, 0.3) is 10.2 Å². The summed E-state index contributed by atoms with van der Waals surface area (Å²) in [5.74, 6) is -1.46. The minimum atomic E-state index is -4.17. The van der Waals surface area contributed by atoms with Gasteiger partial charge >= 0.3 is 0 Å². The average Bonchev–Trinajstić information content (AvgIpc) is 3.61. The molecule has 5 rings (SSSR count). The summed E-state index contributed by atoms with van der Waals surface area (Å²) >= 11 is 1.32. The molecule has 9 nitrogen and oxygen atoms in total. The molecule has 2 aliphatic rings. The van der Waals surface area contributed by atoms with Crippen molar-refractivity contribution in [2.45, 2.75) is 36.7 Å². The third kappa shape index (κ3) is 5.45. The third-order valence-corrected chi connectivity index (χ3v) is 10.1. The van der Waals surface area contributed by atoms with Crippen LogP contribution >= 0.6 is 11.3 Å². The molecule has 1 aromatic heterocycles. The number of piperidine rings is 1. The second-order valence-electron chi connectivity index (χ2n) is 9.48. The number of fused-ring (bicyclic) bond motifs is 1. The largest absolute Gasteiger partial charge is 0.495 e. The van der Waals surface area contributed by atoms with Crippen molar-refractivity contribution >= 4 is 42.6 Å². The number of benzene rings is 2. The lowest BCUT2D eigenvalue weighted by Crippen LogP contribution is -2.46. The average molecular weight is 582 g/mol. The smallest absolute Gasteiger partial charge is 0.245 e. The zero-order valence-electron chi connectivity index (χ0n) is 21.6. The predicted octanol–water partition coefficient (Wildman–Crippen LogP) is 4.20. The molecule has 3 heterocycles. The Morgan fingerprint density at radius 3 is 2.49 bits per heavy atom. The normalized spacial score (nSPS) is 18.9. The Bertz CT molecular complexity index is 1430. The first-order valence-corrected chi connectivity index (χ1v) is 14.9. The fraction of sp³-hybridized carbons (Fsp3) is 0.462. The number of carbonyl (C=O) groups excluding carboxylic acids is 1. The van der Waals surface area contributed by atoms with Gasteiger partial charge in [-0.05, 0) is 49.9 Å². The Labute approximate surface area is 229 Å². The van der Waals surface area contributed by atoms with Crippen molar-refractivity contribution in [2.24, 2.45) is 5.92 Å². The summed E-state index contributed by atoms with van der Waals surface area (Å²) in [6.45, 7) is 1.02. The summed E-state index contributed by atoms with van der Waals surface area (Å²) < 4.78 is 72.3. The van der Waals surface area contributed by atoms with E-state index in [1.54, 1.807) is 31.3 Å². The van der Waals surface area contributed by atoms with Crippen LogP contribution in [0.15, 0.2) is 35.2 Å². The number of carbonyl (C=O) groups is 1. The first kappa shape index (κ1) is 27.7. The van der Waals surface area contributed by atoms with E-state index in [4.69, 9.17) is 19.2 Å². The molecule has 0 aliphatic carbocycles. The first-order valence-electron chi connectivity index (χ1n) is 12.6. The van der Waals surface area contributed by atoms with Crippen LogP contribution in [-0.4, -0.2) is 70.2 Å². The summed E-state index contributed by atoms with van der Waals surface area (Å²) in [6.07, 6.45) is 2.10. The number of rotatable bonds is 8. The molecule has 0 bridgehead atoms. The van der Waals surface area contributed by atoms with E-state index < -0.39 is 32.5 Å². The Balaban J connectivity index is 1.39. The van der Waals surface area contributed by atoms with Crippen LogP contribution in [0.3, 0.4) is 0 Å². The number of anilines is 1. The maximum atomic E-state index is 14.2. The SMILES string of the molecule is COc1ccc(OC)c2sc(N(CC3CCCO3)C(=O)C3CCN(S(=O)(=O)c4ccc(F)cc4F)CC3)nc12. The minimum absolute atomic E-state index is 0.0326. The van der Waals surface area contributed by atoms with Crippen LogP contribution in [0.4, 0.5) is 13.9 Å². The lowest BCUT2D eigenvalue weighted by atomic mass is 9.96. The monoisotopic (exact) mass is 581 g/mol. The predicted molar refractivity (Wildman–Crippen MR) is 142 cm³/mol. The number of halogens is 2. The number of methoxy groups -OCH3 is 2. The molecule has 2 aromatic carbocycles. The molecule has 2 saturated heterocycles. The van der Waals surface area contributed by atoms with Crippen LogP contribution in [0, 0.1) is 17.6 Å². The molecule has 0 saturated carbocycles. The van der Waals surface area contributed by atoms with Gasteiger partial charge in [0.05, 0.1) is 26.9 Å². The number of thiazole rings is 1. The highest BCUT2D eigenvalue weighted by molar-refractivity contribution is 7.89. The number of sulfonamides is 1. The molecule has 13 heteroatoms. The number of hydrogen-bond donors (Lipinski definition) is 0. The van der Waals surface area contributed by atoms with Crippen LogP contribution in [0.5, 0.6) is 11.5 Å². The van der Waals surface area contributed by atoms with Crippen molar-refractivity contribution in [2.75, 3.05) is 45.4 Å². The molecule has 0 spiro atoms. The van der Waals surface area contributed by atoms with Crippen molar-refractivity contribution in [3.8, 4) is 11.5 Å². The second-order valence-corrected chi connectivity index (χ2v) is 12.4. The number of aromatic nitrogens is 1. The first-order chi connectivity index (χ1) is 18.7. The molecule has 2 fully saturated rings. The summed E-state index contributed by atoms with van der Waals surface area (Å²) in [6, 6.07) is 5.94. The van der Waals surface area contributed by atoms with Gasteiger partial charge < -0.3 is 14.2 Å². The summed E-state index contributed by atoms with van der Waals surface area (Å²) in [4.78, 5) is 19.7. The topological polar surface area (TPSA) is 98.3 Å². The quantitative estimate of drug-likeness (QED) is 0.393. The molecule has 3 aromatic rings. The van der Waals surface area contributed by atoms with Crippen molar-refractivity contribution in [1.82, 2.24) is 9.29 Å². The van der Waals surface area contributed by atoms with E-state index in [0.717, 1.165) is 34.0 Å². The van der Waals surface area contributed by atoms with Gasteiger partial charge in [0.25, 0.3) is 0 Å². The van der Waals surface area contributed by atoms with Crippen LogP contribution in [-0.2, 0) is 19.6 Å². The number of ether oxygens (including phenoxy) is 3. The summed E-state index contributed by atoms with van der Waals surface area (Å²) in [5.41, 5.74) is 0.587. The molecule has 0 radical (unpaired) electrons. The van der Waals surface area contributed by atoms with Crippen LogP contribution in [0.2, 0.25) is 0 Å². The van der Waals surface area contributed by atoms with Crippen molar-refractivity contribution in [3.63, 3.8) is 0 Å². The summed E-state index contributed by atoms with van der Waals surface area (Å²) in [5, 5.41) is 0.483. The van der Waals surface area contributed by atoms with Gasteiger partial charge in [0.15, 0.2) is 5.13 Å². The highest BCUT2D eigenvalue weighted by atomic mass is 32.2. The van der Waals surface area contributed by atoms with Crippen LogP contribution < -0.4 is 14.4 Å². The third-order valence-electron chi connectivity index (χ3n) is 7.12. The van der Waals surface area contributed by atoms with Gasteiger partial charge in [-0.25, -0.2) is 22.2 Å². The van der Waals surface area contributed by atoms with Gasteiger partial charge in [0.1, 0.15) is 38.2 Å². The minimum Gasteiger partial charge on any atom is -0.495 e. The van der Waals surface area contributed by atoms with E-state index >= 15 is 0 Å². The molecule has 1 atom stereocenters. The molecule has 0 N–H and O–H groups in total. The highest BCUT2D eigenvalue weighted by Gasteiger charge is 2.37. The number of amides is 1. The zero-order chi connectivity index (χ0) is 27.7. The van der Waals surface area contributed by atoms with E-state index in [1.165, 1.54) is 11.3 Å². The van der Waals surface area contributed by atoms with Gasteiger partial charge in [-0.2, -0.15) is 4.31 Å². The van der Waals surface area contributed by atoms with Gasteiger partial charge in [-0.1, -0.05) is 11.3 Å². The molecule has 1 amide bonds. The molecule has 2 aliphatic heterocycles. The van der Waals surface area contributed by atoms with Crippen molar-refractivity contribution in [3.05, 3.63) is 42.0 Å². The standard InChI is InChI=1S/C26H29F2N3O6S2/c1-35-20-6-7-21(36-2)24-23(20)29-26(38-24)31(15-18-4-3-13-37-18)25(32)16-9-11-30(12-10-16)39(33,34)22-8-5-17(27)14-19(22)28/h5-8,14,16,18H,3-4,9-13,15H2,1-2H3. The molecule has 210 valence electrons. The number of hydrogen-bond acceptors (Lipinski definition) is 8. The van der Waals surface area contributed by atoms with E-state index in [0.29, 0.717) is 41.4 Å². The Kier molecular flexibility index (Phi) is 8.04. The molecular weight excluding hydrogens is 552 g/mol. The van der Waals surface area contributed by atoms with Gasteiger partial charge in [0, 0.05) is 31.7 Å². The van der Waals surface area contributed by atoms with E-state index in [9.17, 15) is 22.0 Å². The number of nitrogens with zero attached hydrogens (tertiary/aromatic N) is 3. The molecule has 39 heavy (non-hydrogen) atoms. The fourth-order valence-electron chi connectivity index (χ4n) is 5.03. The Hall–Kier alpha value is -2.87.